The summed E-state index contributed by atoms with van der Waals surface area (Å²) in [5, 5.41) is 15.9. The Morgan fingerprint density at radius 2 is 1.85 bits per heavy atom. The molecule has 0 aliphatic rings. The van der Waals surface area contributed by atoms with E-state index < -0.39 is 0 Å². The maximum absolute atomic E-state index is 11.2. The number of fused-ring (bicyclic) bond motifs is 1. The Kier molecular flexibility index (Phi) is 5.04. The Bertz CT molecular complexity index is 1060. The van der Waals surface area contributed by atoms with Crippen LogP contribution < -0.4 is 20.1 Å². The summed E-state index contributed by atoms with van der Waals surface area (Å²) in [6.45, 7) is 1.39. The second kappa shape index (κ2) is 7.58. The predicted molar refractivity (Wildman–Crippen MR) is 101 cm³/mol. The molecule has 1 heterocycles. The third-order valence-electron chi connectivity index (χ3n) is 3.85. The first-order chi connectivity index (χ1) is 13.0. The maximum atomic E-state index is 11.2. The van der Waals surface area contributed by atoms with E-state index in [1.807, 2.05) is 0 Å². The monoisotopic (exact) mass is 363 g/mol. The Hall–Kier alpha value is -3.86. The molecule has 0 aliphatic carbocycles. The van der Waals surface area contributed by atoms with E-state index in [0.717, 1.165) is 5.39 Å². The Labute approximate surface area is 155 Å². The van der Waals surface area contributed by atoms with Gasteiger partial charge in [0.1, 0.15) is 18.2 Å². The molecule has 0 bridgehead atoms. The lowest BCUT2D eigenvalue weighted by Crippen LogP contribution is -2.07. The number of anilines is 3. The molecule has 2 aromatic carbocycles. The number of rotatable bonds is 5. The summed E-state index contributed by atoms with van der Waals surface area (Å²) in [4.78, 5) is 19.8. The normalized spacial score (nSPS) is 10.1. The number of carbonyl (C=O) groups is 1. The number of hydrogen-bond donors (Lipinski definition) is 2. The van der Waals surface area contributed by atoms with Gasteiger partial charge in [-0.1, -0.05) is 0 Å². The fraction of sp³-hybridized carbons (Fsp3) is 0.158. The fourth-order valence-electron chi connectivity index (χ4n) is 2.63. The molecule has 0 atom stereocenters. The van der Waals surface area contributed by atoms with E-state index in [4.69, 9.17) is 9.47 Å². The van der Waals surface area contributed by atoms with E-state index in [1.54, 1.807) is 44.6 Å². The molecule has 0 saturated carbocycles. The molecule has 2 N–H and O–H groups in total. The van der Waals surface area contributed by atoms with Crippen LogP contribution in [0.15, 0.2) is 36.7 Å². The number of nitriles is 1. The van der Waals surface area contributed by atoms with Crippen LogP contribution in [0, 0.1) is 11.3 Å². The molecule has 27 heavy (non-hydrogen) atoms. The third-order valence-corrected chi connectivity index (χ3v) is 3.85. The van der Waals surface area contributed by atoms with Gasteiger partial charge in [-0.05, 0) is 24.3 Å². The summed E-state index contributed by atoms with van der Waals surface area (Å²) in [7, 11) is 3.12. The first-order valence-electron chi connectivity index (χ1n) is 8.01. The molecule has 0 fully saturated rings. The van der Waals surface area contributed by atoms with Gasteiger partial charge in [-0.15, -0.1) is 0 Å². The van der Waals surface area contributed by atoms with Crippen molar-refractivity contribution in [2.24, 2.45) is 0 Å². The van der Waals surface area contributed by atoms with Crippen molar-refractivity contribution in [2.45, 2.75) is 6.92 Å². The highest BCUT2D eigenvalue weighted by Gasteiger charge is 2.12. The van der Waals surface area contributed by atoms with E-state index in [9.17, 15) is 10.1 Å². The van der Waals surface area contributed by atoms with E-state index in [0.29, 0.717) is 39.8 Å². The van der Waals surface area contributed by atoms with Crippen LogP contribution in [0.1, 0.15) is 12.5 Å². The molecule has 0 saturated heterocycles. The predicted octanol–water partition coefficient (Wildman–Crippen LogP) is 3.22. The average Bonchev–Trinajstić information content (AvgIpc) is 2.67. The van der Waals surface area contributed by atoms with Crippen LogP contribution >= 0.6 is 0 Å². The largest absolute Gasteiger partial charge is 0.493 e. The van der Waals surface area contributed by atoms with Crippen LogP contribution in [0.5, 0.6) is 11.5 Å². The number of nitrogens with zero attached hydrogens (tertiary/aromatic N) is 3. The molecule has 8 heteroatoms. The summed E-state index contributed by atoms with van der Waals surface area (Å²) in [5.41, 5.74) is 2.12. The number of hydrogen-bond acceptors (Lipinski definition) is 7. The highest BCUT2D eigenvalue weighted by atomic mass is 16.5. The highest BCUT2D eigenvalue weighted by Crippen LogP contribution is 2.34. The molecule has 0 unspecified atom stereocenters. The summed E-state index contributed by atoms with van der Waals surface area (Å²) < 4.78 is 10.6. The van der Waals surface area contributed by atoms with E-state index in [2.05, 4.69) is 26.7 Å². The molecule has 1 aromatic heterocycles. The van der Waals surface area contributed by atoms with Gasteiger partial charge in [0.05, 0.1) is 31.0 Å². The second-order valence-corrected chi connectivity index (χ2v) is 5.62. The van der Waals surface area contributed by atoms with Gasteiger partial charge in [-0.25, -0.2) is 9.97 Å². The minimum Gasteiger partial charge on any atom is -0.493 e. The molecular formula is C19H17N5O3. The Balaban J connectivity index is 2.02. The minimum atomic E-state index is -0.241. The van der Waals surface area contributed by atoms with Crippen molar-refractivity contribution in [3.8, 4) is 17.6 Å². The zero-order valence-corrected chi connectivity index (χ0v) is 15.0. The van der Waals surface area contributed by atoms with Crippen LogP contribution in [-0.2, 0) is 4.79 Å². The molecule has 3 rings (SSSR count). The van der Waals surface area contributed by atoms with Crippen molar-refractivity contribution in [2.75, 3.05) is 24.9 Å². The standard InChI is InChI=1S/C19H17N5O3/c1-11(25)23-15-5-4-13(6-12(15)9-20)24-19-14-7-17(26-2)18(27-3)8-16(14)21-10-22-19/h4-8,10H,1-3H3,(H,23,25)(H,21,22,24). The summed E-state index contributed by atoms with van der Waals surface area (Å²) >= 11 is 0. The van der Waals surface area contributed by atoms with Gasteiger partial charge >= 0.3 is 0 Å². The molecule has 0 spiro atoms. The highest BCUT2D eigenvalue weighted by molar-refractivity contribution is 5.94. The Morgan fingerprint density at radius 3 is 2.52 bits per heavy atom. The molecule has 0 aliphatic heterocycles. The number of carbonyl (C=O) groups excluding carboxylic acids is 1. The summed E-state index contributed by atoms with van der Waals surface area (Å²) in [6, 6.07) is 10.7. The number of aromatic nitrogens is 2. The van der Waals surface area contributed by atoms with E-state index in [-0.39, 0.29) is 5.91 Å². The maximum Gasteiger partial charge on any atom is 0.221 e. The van der Waals surface area contributed by atoms with Gasteiger partial charge in [0.2, 0.25) is 5.91 Å². The fourth-order valence-corrected chi connectivity index (χ4v) is 2.63. The smallest absolute Gasteiger partial charge is 0.221 e. The molecule has 136 valence electrons. The van der Waals surface area contributed by atoms with E-state index in [1.165, 1.54) is 13.3 Å². The van der Waals surface area contributed by atoms with Crippen LogP contribution in [0.2, 0.25) is 0 Å². The first-order valence-corrected chi connectivity index (χ1v) is 8.01. The van der Waals surface area contributed by atoms with Gasteiger partial charge in [-0.2, -0.15) is 5.26 Å². The Morgan fingerprint density at radius 1 is 1.11 bits per heavy atom. The number of methoxy groups -OCH3 is 2. The lowest BCUT2D eigenvalue weighted by atomic mass is 10.1. The number of ether oxygens (including phenoxy) is 2. The van der Waals surface area contributed by atoms with Crippen molar-refractivity contribution >= 4 is 34.0 Å². The molecule has 8 nitrogen and oxygen atoms in total. The van der Waals surface area contributed by atoms with Crippen LogP contribution in [0.25, 0.3) is 10.9 Å². The average molecular weight is 363 g/mol. The van der Waals surface area contributed by atoms with Crippen molar-refractivity contribution in [1.29, 1.82) is 5.26 Å². The summed E-state index contributed by atoms with van der Waals surface area (Å²) in [6.07, 6.45) is 1.44. The molecule has 0 radical (unpaired) electrons. The number of amides is 1. The summed E-state index contributed by atoms with van der Waals surface area (Å²) in [5.74, 6) is 1.44. The van der Waals surface area contributed by atoms with Crippen LogP contribution in [0.3, 0.4) is 0 Å². The molecule has 1 amide bonds. The first kappa shape index (κ1) is 17.9. The van der Waals surface area contributed by atoms with Crippen molar-refractivity contribution in [1.82, 2.24) is 9.97 Å². The van der Waals surface area contributed by atoms with Crippen molar-refractivity contribution in [3.63, 3.8) is 0 Å². The van der Waals surface area contributed by atoms with E-state index >= 15 is 0 Å². The number of nitrogens with one attached hydrogen (secondary N) is 2. The topological polar surface area (TPSA) is 109 Å². The SMILES string of the molecule is COc1cc2ncnc(Nc3ccc(NC(C)=O)c(C#N)c3)c2cc1OC. The van der Waals surface area contributed by atoms with Gasteiger partial charge in [0.25, 0.3) is 0 Å². The van der Waals surface area contributed by atoms with Gasteiger partial charge in [0.15, 0.2) is 11.5 Å². The zero-order chi connectivity index (χ0) is 19.4. The molecule has 3 aromatic rings. The third kappa shape index (κ3) is 3.72. The van der Waals surface area contributed by atoms with Gasteiger partial charge in [-0.3, -0.25) is 4.79 Å². The van der Waals surface area contributed by atoms with Crippen LogP contribution in [-0.4, -0.2) is 30.1 Å². The second-order valence-electron chi connectivity index (χ2n) is 5.62. The lowest BCUT2D eigenvalue weighted by molar-refractivity contribution is -0.114. The zero-order valence-electron chi connectivity index (χ0n) is 15.0. The van der Waals surface area contributed by atoms with Crippen molar-refractivity contribution < 1.29 is 14.3 Å². The molecular weight excluding hydrogens is 346 g/mol. The number of benzene rings is 2. The lowest BCUT2D eigenvalue weighted by Gasteiger charge is -2.13. The van der Waals surface area contributed by atoms with Gasteiger partial charge in [0, 0.05) is 24.1 Å². The minimum absolute atomic E-state index is 0.241. The van der Waals surface area contributed by atoms with Gasteiger partial charge < -0.3 is 20.1 Å². The quantitative estimate of drug-likeness (QED) is 0.716. The van der Waals surface area contributed by atoms with Crippen molar-refractivity contribution in [3.05, 3.63) is 42.2 Å². The van der Waals surface area contributed by atoms with Crippen LogP contribution in [0.4, 0.5) is 17.2 Å².